The van der Waals surface area contributed by atoms with Crippen LogP contribution in [0.1, 0.15) is 19.4 Å². The Hall–Kier alpha value is -1.06. The van der Waals surface area contributed by atoms with Crippen LogP contribution in [0.5, 0.6) is 0 Å². The third kappa shape index (κ3) is 6.62. The molecule has 0 unspecified atom stereocenters. The molecule has 1 aromatic rings. The summed E-state index contributed by atoms with van der Waals surface area (Å²) in [5.74, 6) is -0.136. The standard InChI is InChI=1S/C14H21NO2.ClH/c1-3-15(4-2)10-11-17-14(16)12-13-8-6-5-7-9-13;/h5-9H,3-4,10-12H2,1-2H3;1H. The van der Waals surface area contributed by atoms with Gasteiger partial charge in [-0.3, -0.25) is 4.79 Å². The minimum atomic E-state index is -0.136. The first-order valence-corrected chi connectivity index (χ1v) is 6.29. The fourth-order valence-electron chi connectivity index (χ4n) is 1.73. The third-order valence-electron chi connectivity index (χ3n) is 2.91. The van der Waals surface area contributed by atoms with Gasteiger partial charge in [-0.25, -0.2) is 0 Å². The number of ether oxygens (including phenoxy) is 1. The zero-order valence-electron chi connectivity index (χ0n) is 11.1. The molecule has 3 nitrogen and oxygen atoms in total. The monoisotopic (exact) mass is 271 g/mol. The van der Waals surface area contributed by atoms with Crippen molar-refractivity contribution in [2.45, 2.75) is 20.3 Å². The number of carbonyl (C=O) groups excluding carboxylic acids is 1. The molecule has 0 saturated heterocycles. The van der Waals surface area contributed by atoms with E-state index in [9.17, 15) is 4.79 Å². The molecule has 1 aromatic carbocycles. The van der Waals surface area contributed by atoms with Crippen LogP contribution >= 0.6 is 0 Å². The highest BCUT2D eigenvalue weighted by Gasteiger charge is 2.07. The number of carbonyl (C=O) groups is 1. The summed E-state index contributed by atoms with van der Waals surface area (Å²) in [6.45, 7) is 7.85. The lowest BCUT2D eigenvalue weighted by molar-refractivity contribution is -0.896. The first kappa shape index (κ1) is 16.9. The van der Waals surface area contributed by atoms with Crippen LogP contribution in [0, 0.1) is 0 Å². The number of hydrogen-bond acceptors (Lipinski definition) is 2. The zero-order valence-corrected chi connectivity index (χ0v) is 11.9. The van der Waals surface area contributed by atoms with Gasteiger partial charge in [-0.1, -0.05) is 30.3 Å². The molecule has 0 aliphatic heterocycles. The van der Waals surface area contributed by atoms with E-state index in [1.807, 2.05) is 30.3 Å². The second kappa shape index (κ2) is 9.92. The van der Waals surface area contributed by atoms with Crippen molar-refractivity contribution < 1.29 is 26.8 Å². The van der Waals surface area contributed by atoms with Crippen molar-refractivity contribution >= 4 is 5.97 Å². The second-order valence-electron chi connectivity index (χ2n) is 4.09. The molecule has 1 N–H and O–H groups in total. The number of hydrogen-bond donors (Lipinski definition) is 1. The van der Waals surface area contributed by atoms with Gasteiger partial charge in [0.05, 0.1) is 19.5 Å². The van der Waals surface area contributed by atoms with Gasteiger partial charge in [0.1, 0.15) is 13.2 Å². The van der Waals surface area contributed by atoms with Crippen molar-refractivity contribution in [3.05, 3.63) is 35.9 Å². The topological polar surface area (TPSA) is 30.7 Å². The van der Waals surface area contributed by atoms with E-state index in [2.05, 4.69) is 13.8 Å². The minimum Gasteiger partial charge on any atom is -1.00 e. The molecule has 4 heteroatoms. The van der Waals surface area contributed by atoms with Crippen molar-refractivity contribution in [2.75, 3.05) is 26.2 Å². The van der Waals surface area contributed by atoms with Gasteiger partial charge in [0.25, 0.3) is 0 Å². The van der Waals surface area contributed by atoms with E-state index in [1.165, 1.54) is 4.90 Å². The van der Waals surface area contributed by atoms with Crippen LogP contribution in [0.2, 0.25) is 0 Å². The molecule has 0 radical (unpaired) electrons. The number of likely N-dealkylation sites (N-methyl/N-ethyl adjacent to an activating group) is 1. The summed E-state index contributed by atoms with van der Waals surface area (Å²) >= 11 is 0. The van der Waals surface area contributed by atoms with Crippen LogP contribution in [0.25, 0.3) is 0 Å². The predicted molar refractivity (Wildman–Crippen MR) is 68.0 cm³/mol. The summed E-state index contributed by atoms with van der Waals surface area (Å²) in [5, 5.41) is 0. The van der Waals surface area contributed by atoms with Crippen LogP contribution in [0.15, 0.2) is 30.3 Å². The van der Waals surface area contributed by atoms with Gasteiger partial charge in [-0.15, -0.1) is 0 Å². The fourth-order valence-corrected chi connectivity index (χ4v) is 1.73. The summed E-state index contributed by atoms with van der Waals surface area (Å²) in [4.78, 5) is 13.0. The quantitative estimate of drug-likeness (QED) is 0.566. The molecule has 0 saturated carbocycles. The lowest BCUT2D eigenvalue weighted by atomic mass is 10.2. The Morgan fingerprint density at radius 3 is 2.33 bits per heavy atom. The van der Waals surface area contributed by atoms with E-state index >= 15 is 0 Å². The summed E-state index contributed by atoms with van der Waals surface area (Å²) in [5.41, 5.74) is 1.01. The third-order valence-corrected chi connectivity index (χ3v) is 2.91. The van der Waals surface area contributed by atoms with E-state index in [0.29, 0.717) is 13.0 Å². The van der Waals surface area contributed by atoms with Crippen LogP contribution in [0.3, 0.4) is 0 Å². The average Bonchev–Trinajstić information content (AvgIpc) is 2.36. The van der Waals surface area contributed by atoms with Gasteiger partial charge in [0.15, 0.2) is 0 Å². The van der Waals surface area contributed by atoms with Gasteiger partial charge in [-0.05, 0) is 19.4 Å². The lowest BCUT2D eigenvalue weighted by Gasteiger charge is -2.14. The molecule has 1 rings (SSSR count). The average molecular weight is 272 g/mol. The Morgan fingerprint density at radius 2 is 1.78 bits per heavy atom. The van der Waals surface area contributed by atoms with Crippen molar-refractivity contribution in [3.63, 3.8) is 0 Å². The van der Waals surface area contributed by atoms with E-state index < -0.39 is 0 Å². The Labute approximate surface area is 116 Å². The number of esters is 1. The van der Waals surface area contributed by atoms with Gasteiger partial charge in [-0.2, -0.15) is 0 Å². The summed E-state index contributed by atoms with van der Waals surface area (Å²) in [6, 6.07) is 9.69. The molecule has 18 heavy (non-hydrogen) atoms. The first-order chi connectivity index (χ1) is 8.26. The van der Waals surface area contributed by atoms with Crippen LogP contribution < -0.4 is 17.3 Å². The molecule has 102 valence electrons. The summed E-state index contributed by atoms with van der Waals surface area (Å²) in [7, 11) is 0. The van der Waals surface area contributed by atoms with E-state index in [1.54, 1.807) is 0 Å². The Kier molecular flexibility index (Phi) is 9.33. The molecular formula is C14H22ClNO2. The SMILES string of the molecule is CC[NH+](CC)CCOC(=O)Cc1ccccc1.[Cl-]. The fraction of sp³-hybridized carbons (Fsp3) is 0.500. The highest BCUT2D eigenvalue weighted by Crippen LogP contribution is 2.00. The highest BCUT2D eigenvalue weighted by atomic mass is 35.5. The Morgan fingerprint density at radius 1 is 1.17 bits per heavy atom. The largest absolute Gasteiger partial charge is 1.00 e. The summed E-state index contributed by atoms with van der Waals surface area (Å²) < 4.78 is 5.22. The van der Waals surface area contributed by atoms with Gasteiger partial charge < -0.3 is 22.0 Å². The van der Waals surface area contributed by atoms with E-state index in [-0.39, 0.29) is 18.4 Å². The molecule has 0 aliphatic rings. The number of halogens is 1. The van der Waals surface area contributed by atoms with E-state index in [0.717, 1.165) is 25.2 Å². The number of benzene rings is 1. The molecule has 0 spiro atoms. The molecule has 0 atom stereocenters. The molecule has 0 aliphatic carbocycles. The van der Waals surface area contributed by atoms with Crippen molar-refractivity contribution in [3.8, 4) is 0 Å². The Balaban J connectivity index is 0.00000289. The van der Waals surface area contributed by atoms with E-state index in [4.69, 9.17) is 4.74 Å². The molecule has 0 aromatic heterocycles. The van der Waals surface area contributed by atoms with Crippen molar-refractivity contribution in [2.24, 2.45) is 0 Å². The maximum Gasteiger partial charge on any atom is 0.310 e. The number of nitrogens with one attached hydrogen (secondary N) is 1. The first-order valence-electron chi connectivity index (χ1n) is 6.29. The smallest absolute Gasteiger partial charge is 0.310 e. The second-order valence-corrected chi connectivity index (χ2v) is 4.09. The lowest BCUT2D eigenvalue weighted by Crippen LogP contribution is -3.11. The van der Waals surface area contributed by atoms with Crippen molar-refractivity contribution in [1.82, 2.24) is 0 Å². The molecule has 0 heterocycles. The normalized spacial score (nSPS) is 9.94. The maximum absolute atomic E-state index is 11.5. The molecule has 0 amide bonds. The van der Waals surface area contributed by atoms with Crippen LogP contribution in [-0.4, -0.2) is 32.2 Å². The van der Waals surface area contributed by atoms with Crippen molar-refractivity contribution in [1.29, 1.82) is 0 Å². The van der Waals surface area contributed by atoms with Crippen LogP contribution in [0.4, 0.5) is 0 Å². The van der Waals surface area contributed by atoms with Gasteiger partial charge in [0, 0.05) is 0 Å². The predicted octanol–water partition coefficient (Wildman–Crippen LogP) is -2.30. The minimum absolute atomic E-state index is 0. The Bertz CT molecular complexity index is 326. The molecule has 0 bridgehead atoms. The molecular weight excluding hydrogens is 250 g/mol. The maximum atomic E-state index is 11.5. The molecule has 0 fully saturated rings. The van der Waals surface area contributed by atoms with Gasteiger partial charge >= 0.3 is 5.97 Å². The van der Waals surface area contributed by atoms with Crippen LogP contribution in [-0.2, 0) is 16.0 Å². The highest BCUT2D eigenvalue weighted by molar-refractivity contribution is 5.72. The zero-order chi connectivity index (χ0) is 12.5. The summed E-state index contributed by atoms with van der Waals surface area (Å²) in [6.07, 6.45) is 0.369. The number of quaternary nitrogens is 1. The number of rotatable bonds is 7. The van der Waals surface area contributed by atoms with Gasteiger partial charge in [0.2, 0.25) is 0 Å².